The minimum atomic E-state index is 0.861. The maximum Gasteiger partial charge on any atom is 0.132 e. The molecule has 0 radical (unpaired) electrons. The number of rotatable bonds is 8. The van der Waals surface area contributed by atoms with Gasteiger partial charge in [0.25, 0.3) is 0 Å². The van der Waals surface area contributed by atoms with Crippen LogP contribution in [-0.2, 0) is 6.42 Å². The molecule has 0 saturated heterocycles. The highest BCUT2D eigenvalue weighted by Crippen LogP contribution is 2.11. The van der Waals surface area contributed by atoms with E-state index >= 15 is 0 Å². The SMILES string of the molecule is CCCCCCNc1cc(NC)nc(CC)n1. The molecule has 0 amide bonds. The van der Waals surface area contributed by atoms with Crippen LogP contribution >= 0.6 is 0 Å². The highest BCUT2D eigenvalue weighted by molar-refractivity contribution is 5.47. The van der Waals surface area contributed by atoms with Crippen molar-refractivity contribution in [3.63, 3.8) is 0 Å². The first kappa shape index (κ1) is 13.7. The monoisotopic (exact) mass is 236 g/mol. The number of hydrogen-bond acceptors (Lipinski definition) is 4. The van der Waals surface area contributed by atoms with Gasteiger partial charge in [0.15, 0.2) is 0 Å². The van der Waals surface area contributed by atoms with Gasteiger partial charge in [0.1, 0.15) is 17.5 Å². The lowest BCUT2D eigenvalue weighted by Crippen LogP contribution is -2.07. The molecule has 96 valence electrons. The molecule has 2 N–H and O–H groups in total. The second-order valence-electron chi connectivity index (χ2n) is 4.15. The largest absolute Gasteiger partial charge is 0.373 e. The molecule has 4 heteroatoms. The van der Waals surface area contributed by atoms with E-state index in [1.165, 1.54) is 25.7 Å². The van der Waals surface area contributed by atoms with E-state index in [1.54, 1.807) is 0 Å². The van der Waals surface area contributed by atoms with Crippen LogP contribution in [0.1, 0.15) is 45.4 Å². The summed E-state index contributed by atoms with van der Waals surface area (Å²) in [7, 11) is 1.88. The minimum absolute atomic E-state index is 0.861. The van der Waals surface area contributed by atoms with Crippen molar-refractivity contribution in [2.45, 2.75) is 46.0 Å². The first-order chi connectivity index (χ1) is 8.30. The van der Waals surface area contributed by atoms with Gasteiger partial charge in [-0.25, -0.2) is 9.97 Å². The standard InChI is InChI=1S/C13H24N4/c1-4-6-7-8-9-15-13-10-12(14-3)16-11(5-2)17-13/h10H,4-9H2,1-3H3,(H2,14,15,16,17). The zero-order chi connectivity index (χ0) is 12.5. The highest BCUT2D eigenvalue weighted by atomic mass is 15.1. The topological polar surface area (TPSA) is 49.8 Å². The quantitative estimate of drug-likeness (QED) is 0.681. The summed E-state index contributed by atoms with van der Waals surface area (Å²) in [5, 5.41) is 6.42. The summed E-state index contributed by atoms with van der Waals surface area (Å²) in [4.78, 5) is 8.82. The van der Waals surface area contributed by atoms with Crippen LogP contribution in [-0.4, -0.2) is 23.6 Å². The maximum atomic E-state index is 4.46. The van der Waals surface area contributed by atoms with Gasteiger partial charge in [0, 0.05) is 26.1 Å². The van der Waals surface area contributed by atoms with Crippen molar-refractivity contribution in [2.75, 3.05) is 24.2 Å². The Hall–Kier alpha value is -1.32. The van der Waals surface area contributed by atoms with Crippen LogP contribution in [0.5, 0.6) is 0 Å². The summed E-state index contributed by atoms with van der Waals surface area (Å²) in [5.41, 5.74) is 0. The molecule has 0 saturated carbocycles. The number of hydrogen-bond donors (Lipinski definition) is 2. The van der Waals surface area contributed by atoms with Gasteiger partial charge in [-0.15, -0.1) is 0 Å². The maximum absolute atomic E-state index is 4.46. The molecule has 0 aliphatic carbocycles. The van der Waals surface area contributed by atoms with E-state index in [2.05, 4.69) is 34.4 Å². The van der Waals surface area contributed by atoms with Gasteiger partial charge in [0.05, 0.1) is 0 Å². The Morgan fingerprint density at radius 2 is 1.82 bits per heavy atom. The molecule has 0 aliphatic heterocycles. The Kier molecular flexibility index (Phi) is 6.37. The van der Waals surface area contributed by atoms with Crippen molar-refractivity contribution in [3.05, 3.63) is 11.9 Å². The van der Waals surface area contributed by atoms with Crippen LogP contribution in [0.15, 0.2) is 6.07 Å². The lowest BCUT2D eigenvalue weighted by atomic mass is 10.2. The van der Waals surface area contributed by atoms with Crippen LogP contribution in [0, 0.1) is 0 Å². The summed E-state index contributed by atoms with van der Waals surface area (Å²) >= 11 is 0. The van der Waals surface area contributed by atoms with Crippen LogP contribution in [0.4, 0.5) is 11.6 Å². The predicted molar refractivity (Wildman–Crippen MR) is 73.6 cm³/mol. The van der Waals surface area contributed by atoms with Crippen LogP contribution in [0.2, 0.25) is 0 Å². The number of nitrogens with one attached hydrogen (secondary N) is 2. The van der Waals surface area contributed by atoms with Gasteiger partial charge in [-0.3, -0.25) is 0 Å². The lowest BCUT2D eigenvalue weighted by Gasteiger charge is -2.08. The average molecular weight is 236 g/mol. The number of aryl methyl sites for hydroxylation is 1. The first-order valence-electron chi connectivity index (χ1n) is 6.59. The van der Waals surface area contributed by atoms with E-state index in [4.69, 9.17) is 0 Å². The van der Waals surface area contributed by atoms with Crippen LogP contribution in [0.25, 0.3) is 0 Å². The lowest BCUT2D eigenvalue weighted by molar-refractivity contribution is 0.684. The van der Waals surface area contributed by atoms with Gasteiger partial charge >= 0.3 is 0 Å². The molecular weight excluding hydrogens is 212 g/mol. The molecule has 0 spiro atoms. The second-order valence-corrected chi connectivity index (χ2v) is 4.15. The zero-order valence-electron chi connectivity index (χ0n) is 11.2. The molecule has 1 aromatic rings. The fourth-order valence-electron chi connectivity index (χ4n) is 1.64. The molecule has 0 unspecified atom stereocenters. The Bertz CT molecular complexity index is 303. The third-order valence-electron chi connectivity index (χ3n) is 2.68. The van der Waals surface area contributed by atoms with E-state index < -0.39 is 0 Å². The number of nitrogens with zero attached hydrogens (tertiary/aromatic N) is 2. The molecule has 0 aliphatic rings. The van der Waals surface area contributed by atoms with E-state index in [-0.39, 0.29) is 0 Å². The molecule has 0 fully saturated rings. The molecule has 1 rings (SSSR count). The molecular formula is C13H24N4. The summed E-state index contributed by atoms with van der Waals surface area (Å²) < 4.78 is 0. The van der Waals surface area contributed by atoms with Crippen molar-refractivity contribution in [1.29, 1.82) is 0 Å². The Morgan fingerprint density at radius 3 is 2.47 bits per heavy atom. The fourth-order valence-corrected chi connectivity index (χ4v) is 1.64. The second kappa shape index (κ2) is 7.87. The van der Waals surface area contributed by atoms with Crippen molar-refractivity contribution in [2.24, 2.45) is 0 Å². The van der Waals surface area contributed by atoms with Gasteiger partial charge in [-0.1, -0.05) is 33.1 Å². The summed E-state index contributed by atoms with van der Waals surface area (Å²) in [5.74, 6) is 2.69. The normalized spacial score (nSPS) is 10.3. The third kappa shape index (κ3) is 5.02. The third-order valence-corrected chi connectivity index (χ3v) is 2.68. The highest BCUT2D eigenvalue weighted by Gasteiger charge is 2.01. The van der Waals surface area contributed by atoms with Gasteiger partial charge in [-0.05, 0) is 6.42 Å². The van der Waals surface area contributed by atoms with E-state index in [0.29, 0.717) is 0 Å². The van der Waals surface area contributed by atoms with E-state index in [0.717, 1.165) is 30.4 Å². The van der Waals surface area contributed by atoms with Crippen molar-refractivity contribution in [3.8, 4) is 0 Å². The molecule has 0 aromatic carbocycles. The smallest absolute Gasteiger partial charge is 0.132 e. The summed E-state index contributed by atoms with van der Waals surface area (Å²) in [6, 6.07) is 1.96. The number of unbranched alkanes of at least 4 members (excludes halogenated alkanes) is 3. The molecule has 1 aromatic heterocycles. The number of aromatic nitrogens is 2. The predicted octanol–water partition coefficient (Wildman–Crippen LogP) is 3.07. The molecule has 17 heavy (non-hydrogen) atoms. The first-order valence-corrected chi connectivity index (χ1v) is 6.59. The molecule has 1 heterocycles. The van der Waals surface area contributed by atoms with Gasteiger partial charge in [-0.2, -0.15) is 0 Å². The Balaban J connectivity index is 2.46. The summed E-state index contributed by atoms with van der Waals surface area (Å²) in [6.45, 7) is 5.29. The van der Waals surface area contributed by atoms with Crippen molar-refractivity contribution < 1.29 is 0 Å². The Labute approximate surface area is 104 Å². The van der Waals surface area contributed by atoms with Crippen molar-refractivity contribution >= 4 is 11.6 Å². The van der Waals surface area contributed by atoms with Gasteiger partial charge < -0.3 is 10.6 Å². The van der Waals surface area contributed by atoms with E-state index in [1.807, 2.05) is 13.1 Å². The minimum Gasteiger partial charge on any atom is -0.373 e. The van der Waals surface area contributed by atoms with E-state index in [9.17, 15) is 0 Å². The number of anilines is 2. The molecule has 4 nitrogen and oxygen atoms in total. The average Bonchev–Trinajstić information content (AvgIpc) is 2.38. The van der Waals surface area contributed by atoms with Gasteiger partial charge in [0.2, 0.25) is 0 Å². The van der Waals surface area contributed by atoms with Crippen molar-refractivity contribution in [1.82, 2.24) is 9.97 Å². The molecule has 0 atom stereocenters. The van der Waals surface area contributed by atoms with Crippen LogP contribution in [0.3, 0.4) is 0 Å². The zero-order valence-corrected chi connectivity index (χ0v) is 11.2. The fraction of sp³-hybridized carbons (Fsp3) is 0.692. The Morgan fingerprint density at radius 1 is 1.06 bits per heavy atom. The molecule has 0 bridgehead atoms. The van der Waals surface area contributed by atoms with Crippen LogP contribution < -0.4 is 10.6 Å². The summed E-state index contributed by atoms with van der Waals surface area (Å²) in [6.07, 6.45) is 5.94.